The maximum Gasteiger partial charge on any atom is 0.161 e. The summed E-state index contributed by atoms with van der Waals surface area (Å²) in [6, 6.07) is 21.7. The molecule has 4 rings (SSSR count). The van der Waals surface area contributed by atoms with E-state index in [0.29, 0.717) is 23.1 Å². The van der Waals surface area contributed by atoms with Gasteiger partial charge < -0.3 is 19.8 Å². The van der Waals surface area contributed by atoms with Gasteiger partial charge in [-0.3, -0.25) is 0 Å². The zero-order chi connectivity index (χ0) is 20.8. The summed E-state index contributed by atoms with van der Waals surface area (Å²) in [5.74, 6) is 2.42. The number of hydrogen-bond acceptors (Lipinski definition) is 4. The number of nitrogens with one attached hydrogen (secondary N) is 2. The van der Waals surface area contributed by atoms with Crippen LogP contribution in [0.4, 0.5) is 0 Å². The smallest absolute Gasteiger partial charge is 0.161 e. The molecule has 0 fully saturated rings. The Bertz CT molecular complexity index is 1090. The molecule has 0 spiro atoms. The number of aromatic nitrogens is 2. The number of imidazole rings is 1. The Morgan fingerprint density at radius 3 is 2.70 bits per heavy atom. The minimum atomic E-state index is 0.437. The molecule has 2 N–H and O–H groups in total. The highest BCUT2D eigenvalue weighted by Gasteiger charge is 2.07. The number of benzene rings is 3. The molecule has 3 aromatic carbocycles. The van der Waals surface area contributed by atoms with Crippen LogP contribution in [0.3, 0.4) is 0 Å². The third kappa shape index (κ3) is 5.12. The Morgan fingerprint density at radius 1 is 0.967 bits per heavy atom. The molecule has 154 valence electrons. The lowest BCUT2D eigenvalue weighted by Crippen LogP contribution is -2.17. The molecule has 0 aliphatic rings. The largest absolute Gasteiger partial charge is 0.493 e. The van der Waals surface area contributed by atoms with Crippen LogP contribution in [0.1, 0.15) is 17.0 Å². The zero-order valence-electron chi connectivity index (χ0n) is 16.8. The maximum atomic E-state index is 6.03. The monoisotopic (exact) mass is 421 g/mol. The first-order chi connectivity index (χ1) is 14.7. The highest BCUT2D eigenvalue weighted by Crippen LogP contribution is 2.29. The Hall–Kier alpha value is -3.02. The van der Waals surface area contributed by atoms with Crippen molar-refractivity contribution >= 4 is 22.6 Å². The lowest BCUT2D eigenvalue weighted by Gasteiger charge is -2.13. The first-order valence-corrected chi connectivity index (χ1v) is 10.3. The quantitative estimate of drug-likeness (QED) is 0.367. The number of halogens is 1. The summed E-state index contributed by atoms with van der Waals surface area (Å²) in [6.07, 6.45) is 0.840. The Labute approximate surface area is 181 Å². The normalized spacial score (nSPS) is 11.0. The molecule has 0 amide bonds. The van der Waals surface area contributed by atoms with Crippen molar-refractivity contribution in [2.75, 3.05) is 13.7 Å². The summed E-state index contributed by atoms with van der Waals surface area (Å²) in [4.78, 5) is 7.96. The van der Waals surface area contributed by atoms with Gasteiger partial charge in [0, 0.05) is 24.5 Å². The van der Waals surface area contributed by atoms with Crippen LogP contribution in [0, 0.1) is 0 Å². The molecule has 1 heterocycles. The second-order valence-corrected chi connectivity index (χ2v) is 7.47. The van der Waals surface area contributed by atoms with Gasteiger partial charge in [0.2, 0.25) is 0 Å². The molecule has 5 nitrogen and oxygen atoms in total. The molecule has 0 aliphatic carbocycles. The van der Waals surface area contributed by atoms with Gasteiger partial charge in [0.1, 0.15) is 12.4 Å². The van der Waals surface area contributed by atoms with Crippen molar-refractivity contribution in [3.8, 4) is 11.5 Å². The van der Waals surface area contributed by atoms with E-state index in [-0.39, 0.29) is 0 Å². The summed E-state index contributed by atoms with van der Waals surface area (Å²) in [6.45, 7) is 2.01. The zero-order valence-corrected chi connectivity index (χ0v) is 17.6. The SMILES string of the molecule is COc1cc(CNCCc2nc3ccccc3[nH]2)ccc1OCc1cccc(Cl)c1. The summed E-state index contributed by atoms with van der Waals surface area (Å²) in [5, 5.41) is 4.16. The van der Waals surface area contributed by atoms with Gasteiger partial charge in [-0.1, -0.05) is 41.9 Å². The molecule has 0 radical (unpaired) electrons. The van der Waals surface area contributed by atoms with E-state index in [4.69, 9.17) is 21.1 Å². The number of nitrogens with zero attached hydrogens (tertiary/aromatic N) is 1. The molecule has 6 heteroatoms. The number of para-hydroxylation sites is 2. The molecule has 4 aromatic rings. The molecule has 0 atom stereocenters. The van der Waals surface area contributed by atoms with E-state index in [1.165, 1.54) is 0 Å². The number of methoxy groups -OCH3 is 1. The molecule has 30 heavy (non-hydrogen) atoms. The Kier molecular flexibility index (Phi) is 6.52. The van der Waals surface area contributed by atoms with E-state index < -0.39 is 0 Å². The number of aromatic amines is 1. The van der Waals surface area contributed by atoms with E-state index in [1.54, 1.807) is 7.11 Å². The number of H-pyrrole nitrogens is 1. The Morgan fingerprint density at radius 2 is 1.87 bits per heavy atom. The second-order valence-electron chi connectivity index (χ2n) is 7.03. The maximum absolute atomic E-state index is 6.03. The van der Waals surface area contributed by atoms with Gasteiger partial charge in [-0.2, -0.15) is 0 Å². The van der Waals surface area contributed by atoms with Crippen LogP contribution < -0.4 is 14.8 Å². The Balaban J connectivity index is 1.29. The predicted molar refractivity (Wildman–Crippen MR) is 120 cm³/mol. The molecular formula is C24H24ClN3O2. The van der Waals surface area contributed by atoms with Gasteiger partial charge in [0.05, 0.1) is 18.1 Å². The van der Waals surface area contributed by atoms with Crippen molar-refractivity contribution in [1.82, 2.24) is 15.3 Å². The van der Waals surface area contributed by atoms with Gasteiger partial charge in [0.15, 0.2) is 11.5 Å². The number of ether oxygens (including phenoxy) is 2. The van der Waals surface area contributed by atoms with Crippen LogP contribution in [0.15, 0.2) is 66.7 Å². The summed E-state index contributed by atoms with van der Waals surface area (Å²) in [5.41, 5.74) is 4.23. The number of hydrogen-bond donors (Lipinski definition) is 2. The highest BCUT2D eigenvalue weighted by atomic mass is 35.5. The number of rotatable bonds is 9. The summed E-state index contributed by atoms with van der Waals surface area (Å²) in [7, 11) is 1.65. The molecule has 1 aromatic heterocycles. The summed E-state index contributed by atoms with van der Waals surface area (Å²) < 4.78 is 11.4. The van der Waals surface area contributed by atoms with Crippen molar-refractivity contribution < 1.29 is 9.47 Å². The minimum absolute atomic E-state index is 0.437. The van der Waals surface area contributed by atoms with Crippen LogP contribution in [0.5, 0.6) is 11.5 Å². The van der Waals surface area contributed by atoms with Crippen LogP contribution >= 0.6 is 11.6 Å². The van der Waals surface area contributed by atoms with Crippen LogP contribution in [-0.4, -0.2) is 23.6 Å². The van der Waals surface area contributed by atoms with E-state index in [9.17, 15) is 0 Å². The van der Waals surface area contributed by atoms with Crippen molar-refractivity contribution in [1.29, 1.82) is 0 Å². The average molecular weight is 422 g/mol. The fraction of sp³-hybridized carbons (Fsp3) is 0.208. The number of fused-ring (bicyclic) bond motifs is 1. The van der Waals surface area contributed by atoms with Gasteiger partial charge in [-0.05, 0) is 47.5 Å². The third-order valence-corrected chi connectivity index (χ3v) is 5.05. The predicted octanol–water partition coefficient (Wildman–Crippen LogP) is 5.14. The lowest BCUT2D eigenvalue weighted by atomic mass is 10.2. The lowest BCUT2D eigenvalue weighted by molar-refractivity contribution is 0.284. The first-order valence-electron chi connectivity index (χ1n) is 9.90. The molecular weight excluding hydrogens is 398 g/mol. The van der Waals surface area contributed by atoms with E-state index in [2.05, 4.69) is 15.3 Å². The van der Waals surface area contributed by atoms with Crippen molar-refractivity contribution in [3.63, 3.8) is 0 Å². The highest BCUT2D eigenvalue weighted by molar-refractivity contribution is 6.30. The third-order valence-electron chi connectivity index (χ3n) is 4.82. The molecule has 0 unspecified atom stereocenters. The molecule has 0 aliphatic heterocycles. The average Bonchev–Trinajstić information content (AvgIpc) is 3.18. The molecule has 0 saturated heterocycles. The van der Waals surface area contributed by atoms with Gasteiger partial charge in [-0.25, -0.2) is 4.98 Å². The van der Waals surface area contributed by atoms with Gasteiger partial charge in [-0.15, -0.1) is 0 Å². The van der Waals surface area contributed by atoms with E-state index in [1.807, 2.05) is 66.7 Å². The second kappa shape index (κ2) is 9.65. The van der Waals surface area contributed by atoms with Gasteiger partial charge in [0.25, 0.3) is 0 Å². The fourth-order valence-corrected chi connectivity index (χ4v) is 3.51. The van der Waals surface area contributed by atoms with Crippen LogP contribution in [0.2, 0.25) is 5.02 Å². The standard InChI is InChI=1S/C24H24ClN3O2/c1-29-23-14-17(9-10-22(23)30-16-18-5-4-6-19(25)13-18)15-26-12-11-24-27-20-7-2-3-8-21(20)28-24/h2-10,13-14,26H,11-12,15-16H2,1H3,(H,27,28). The van der Waals surface area contributed by atoms with E-state index >= 15 is 0 Å². The van der Waals surface area contributed by atoms with Crippen molar-refractivity contribution in [2.45, 2.75) is 19.6 Å². The fourth-order valence-electron chi connectivity index (χ4n) is 3.29. The van der Waals surface area contributed by atoms with Crippen molar-refractivity contribution in [2.24, 2.45) is 0 Å². The molecule has 0 saturated carbocycles. The molecule has 0 bridgehead atoms. The van der Waals surface area contributed by atoms with E-state index in [0.717, 1.165) is 47.5 Å². The topological polar surface area (TPSA) is 59.2 Å². The van der Waals surface area contributed by atoms with Crippen molar-refractivity contribution in [3.05, 3.63) is 88.7 Å². The van der Waals surface area contributed by atoms with Crippen LogP contribution in [0.25, 0.3) is 11.0 Å². The van der Waals surface area contributed by atoms with Crippen LogP contribution in [-0.2, 0) is 19.6 Å². The minimum Gasteiger partial charge on any atom is -0.493 e. The summed E-state index contributed by atoms with van der Waals surface area (Å²) >= 11 is 6.03. The first kappa shape index (κ1) is 20.3. The van der Waals surface area contributed by atoms with Gasteiger partial charge >= 0.3 is 0 Å².